The number of benzene rings is 2. The lowest BCUT2D eigenvalue weighted by atomic mass is 10.2. The average molecular weight is 422 g/mol. The maximum Gasteiger partial charge on any atom is 0.196 e. The summed E-state index contributed by atoms with van der Waals surface area (Å²) in [4.78, 5) is 0. The van der Waals surface area contributed by atoms with Crippen LogP contribution in [0.3, 0.4) is 0 Å². The van der Waals surface area contributed by atoms with E-state index in [2.05, 4.69) is 10.2 Å². The molecule has 0 spiro atoms. The van der Waals surface area contributed by atoms with Crippen molar-refractivity contribution in [3.8, 4) is 17.1 Å². The third kappa shape index (κ3) is 5.05. The summed E-state index contributed by atoms with van der Waals surface area (Å²) in [5.41, 5.74) is 2.89. The van der Waals surface area contributed by atoms with Crippen LogP contribution in [0.1, 0.15) is 19.4 Å². The van der Waals surface area contributed by atoms with Gasteiger partial charge in [0.2, 0.25) is 0 Å². The van der Waals surface area contributed by atoms with E-state index in [0.29, 0.717) is 16.7 Å². The SMILES string of the molecule is Cc1ccc(-n2c(SCCOC(C)C)nnc2-c2ccc(Cl)cc2)cc1Cl. The highest BCUT2D eigenvalue weighted by molar-refractivity contribution is 7.99. The van der Waals surface area contributed by atoms with Gasteiger partial charge in [-0.2, -0.15) is 0 Å². The van der Waals surface area contributed by atoms with E-state index in [1.807, 2.05) is 67.8 Å². The number of halogens is 2. The van der Waals surface area contributed by atoms with Gasteiger partial charge in [-0.1, -0.05) is 41.0 Å². The summed E-state index contributed by atoms with van der Waals surface area (Å²) >= 11 is 14.0. The molecule has 0 aliphatic heterocycles. The number of thioether (sulfide) groups is 1. The molecule has 1 heterocycles. The third-order valence-corrected chi connectivity index (χ3v) is 5.47. The van der Waals surface area contributed by atoms with Gasteiger partial charge in [-0.25, -0.2) is 0 Å². The number of aromatic nitrogens is 3. The third-order valence-electron chi connectivity index (χ3n) is 3.92. The Labute approximate surface area is 173 Å². The molecule has 0 saturated carbocycles. The Morgan fingerprint density at radius 1 is 1.07 bits per heavy atom. The van der Waals surface area contributed by atoms with Gasteiger partial charge in [0, 0.05) is 21.4 Å². The van der Waals surface area contributed by atoms with Gasteiger partial charge in [0.05, 0.1) is 18.4 Å². The topological polar surface area (TPSA) is 39.9 Å². The molecule has 0 N–H and O–H groups in total. The summed E-state index contributed by atoms with van der Waals surface area (Å²) in [5.74, 6) is 1.54. The maximum absolute atomic E-state index is 6.37. The fourth-order valence-corrected chi connectivity index (χ4v) is 3.60. The Balaban J connectivity index is 1.98. The summed E-state index contributed by atoms with van der Waals surface area (Å²) < 4.78 is 7.66. The van der Waals surface area contributed by atoms with Gasteiger partial charge < -0.3 is 4.74 Å². The summed E-state index contributed by atoms with van der Waals surface area (Å²) in [6.45, 7) is 6.69. The van der Waals surface area contributed by atoms with Crippen LogP contribution in [0.5, 0.6) is 0 Å². The first-order chi connectivity index (χ1) is 13.0. The first kappa shape index (κ1) is 20.2. The van der Waals surface area contributed by atoms with Gasteiger partial charge in [0.15, 0.2) is 11.0 Å². The largest absolute Gasteiger partial charge is 0.378 e. The molecule has 0 amide bonds. The van der Waals surface area contributed by atoms with Crippen LogP contribution in [0.25, 0.3) is 17.1 Å². The van der Waals surface area contributed by atoms with Crippen LogP contribution < -0.4 is 0 Å². The lowest BCUT2D eigenvalue weighted by Crippen LogP contribution is -2.06. The molecule has 142 valence electrons. The van der Waals surface area contributed by atoms with E-state index in [9.17, 15) is 0 Å². The van der Waals surface area contributed by atoms with Crippen LogP contribution in [0.4, 0.5) is 0 Å². The van der Waals surface area contributed by atoms with Crippen molar-refractivity contribution in [1.29, 1.82) is 0 Å². The zero-order chi connectivity index (χ0) is 19.4. The quantitative estimate of drug-likeness (QED) is 0.342. The zero-order valence-electron chi connectivity index (χ0n) is 15.4. The first-order valence-electron chi connectivity index (χ1n) is 8.68. The minimum atomic E-state index is 0.212. The zero-order valence-corrected chi connectivity index (χ0v) is 17.8. The molecule has 3 rings (SSSR count). The smallest absolute Gasteiger partial charge is 0.196 e. The van der Waals surface area contributed by atoms with Crippen molar-refractivity contribution < 1.29 is 4.74 Å². The molecule has 0 aliphatic carbocycles. The minimum Gasteiger partial charge on any atom is -0.378 e. The fraction of sp³-hybridized carbons (Fsp3) is 0.300. The average Bonchev–Trinajstić information content (AvgIpc) is 3.05. The van der Waals surface area contributed by atoms with Crippen LogP contribution in [0.2, 0.25) is 10.0 Å². The van der Waals surface area contributed by atoms with Crippen LogP contribution in [-0.4, -0.2) is 33.2 Å². The number of nitrogens with zero attached hydrogens (tertiary/aromatic N) is 3. The second-order valence-corrected chi connectivity index (χ2v) is 8.26. The van der Waals surface area contributed by atoms with Crippen molar-refractivity contribution in [2.75, 3.05) is 12.4 Å². The number of hydrogen-bond acceptors (Lipinski definition) is 4. The second-order valence-electron chi connectivity index (χ2n) is 6.35. The summed E-state index contributed by atoms with van der Waals surface area (Å²) in [6, 6.07) is 13.5. The van der Waals surface area contributed by atoms with Gasteiger partial charge in [-0.15, -0.1) is 10.2 Å². The first-order valence-corrected chi connectivity index (χ1v) is 10.4. The molecular formula is C20H21Cl2N3OS. The van der Waals surface area contributed by atoms with Crippen molar-refractivity contribution >= 4 is 35.0 Å². The molecule has 0 atom stereocenters. The molecule has 0 bridgehead atoms. The van der Waals surface area contributed by atoms with E-state index in [1.54, 1.807) is 11.8 Å². The lowest BCUT2D eigenvalue weighted by Gasteiger charge is -2.12. The van der Waals surface area contributed by atoms with Crippen molar-refractivity contribution in [1.82, 2.24) is 14.8 Å². The van der Waals surface area contributed by atoms with Crippen molar-refractivity contribution in [3.63, 3.8) is 0 Å². The molecule has 1 aromatic heterocycles. The van der Waals surface area contributed by atoms with E-state index < -0.39 is 0 Å². The molecule has 2 aromatic carbocycles. The normalized spacial score (nSPS) is 11.3. The highest BCUT2D eigenvalue weighted by Gasteiger charge is 2.17. The van der Waals surface area contributed by atoms with Crippen LogP contribution in [-0.2, 0) is 4.74 Å². The van der Waals surface area contributed by atoms with Crippen molar-refractivity contribution in [3.05, 3.63) is 58.1 Å². The highest BCUT2D eigenvalue weighted by atomic mass is 35.5. The molecule has 0 unspecified atom stereocenters. The van der Waals surface area contributed by atoms with Crippen LogP contribution >= 0.6 is 35.0 Å². The summed E-state index contributed by atoms with van der Waals surface area (Å²) in [6.07, 6.45) is 0.212. The van der Waals surface area contributed by atoms with E-state index in [-0.39, 0.29) is 6.10 Å². The molecule has 27 heavy (non-hydrogen) atoms. The molecule has 7 heteroatoms. The Morgan fingerprint density at radius 3 is 2.48 bits per heavy atom. The number of rotatable bonds is 7. The van der Waals surface area contributed by atoms with E-state index in [4.69, 9.17) is 27.9 Å². The second kappa shape index (κ2) is 9.11. The molecule has 0 saturated heterocycles. The Morgan fingerprint density at radius 2 is 1.81 bits per heavy atom. The molecule has 0 radical (unpaired) electrons. The van der Waals surface area contributed by atoms with Gasteiger partial charge in [0.25, 0.3) is 0 Å². The van der Waals surface area contributed by atoms with Gasteiger partial charge >= 0.3 is 0 Å². The standard InChI is InChI=1S/C20H21Cl2N3OS/c1-13(2)26-10-11-27-20-24-23-19(15-5-7-16(21)8-6-15)25(20)17-9-4-14(3)18(22)12-17/h4-9,12-13H,10-11H2,1-3H3. The Kier molecular flexibility index (Phi) is 6.82. The minimum absolute atomic E-state index is 0.212. The number of hydrogen-bond donors (Lipinski definition) is 0. The van der Waals surface area contributed by atoms with Crippen LogP contribution in [0.15, 0.2) is 47.6 Å². The van der Waals surface area contributed by atoms with E-state index >= 15 is 0 Å². The Bertz CT molecular complexity index is 910. The number of ether oxygens (including phenoxy) is 1. The highest BCUT2D eigenvalue weighted by Crippen LogP contribution is 2.30. The van der Waals surface area contributed by atoms with Crippen molar-refractivity contribution in [2.24, 2.45) is 0 Å². The molecule has 4 nitrogen and oxygen atoms in total. The Hall–Kier alpha value is -1.53. The van der Waals surface area contributed by atoms with Crippen LogP contribution in [0, 0.1) is 6.92 Å². The lowest BCUT2D eigenvalue weighted by molar-refractivity contribution is 0.0920. The molecular weight excluding hydrogens is 401 g/mol. The molecule has 0 fully saturated rings. The van der Waals surface area contributed by atoms with Gasteiger partial charge in [-0.3, -0.25) is 4.57 Å². The summed E-state index contributed by atoms with van der Waals surface area (Å²) in [7, 11) is 0. The molecule has 3 aromatic rings. The predicted molar refractivity (Wildman–Crippen MR) is 113 cm³/mol. The monoisotopic (exact) mass is 421 g/mol. The van der Waals surface area contributed by atoms with E-state index in [0.717, 1.165) is 33.5 Å². The van der Waals surface area contributed by atoms with E-state index in [1.165, 1.54) is 0 Å². The molecule has 0 aliphatic rings. The predicted octanol–water partition coefficient (Wildman–Crippen LogP) is 6.07. The van der Waals surface area contributed by atoms with Crippen molar-refractivity contribution in [2.45, 2.75) is 32.0 Å². The summed E-state index contributed by atoms with van der Waals surface area (Å²) in [5, 5.41) is 11.0. The van der Waals surface area contributed by atoms with Gasteiger partial charge in [0.1, 0.15) is 0 Å². The maximum atomic E-state index is 6.37. The number of aryl methyl sites for hydroxylation is 1. The fourth-order valence-electron chi connectivity index (χ4n) is 2.52. The van der Waals surface area contributed by atoms with Gasteiger partial charge in [-0.05, 0) is 62.7 Å².